The van der Waals surface area contributed by atoms with Gasteiger partial charge < -0.3 is 5.11 Å². The second kappa shape index (κ2) is 5.10. The Hall–Kier alpha value is -0.540. The summed E-state index contributed by atoms with van der Waals surface area (Å²) in [6.45, 7) is 1.96. The van der Waals surface area contributed by atoms with Gasteiger partial charge in [-0.2, -0.15) is 5.10 Å². The molecule has 4 atom stereocenters. The second-order valence-electron chi connectivity index (χ2n) is 6.51. The number of hydrogen-bond donors (Lipinski definition) is 1. The third kappa shape index (κ3) is 2.55. The number of nitrogens with zero attached hydrogens (tertiary/aromatic N) is 2. The summed E-state index contributed by atoms with van der Waals surface area (Å²) in [7, 11) is 1.85. The second-order valence-corrected chi connectivity index (χ2v) is 6.86. The molecule has 3 nitrogen and oxygen atoms in total. The molecule has 0 spiro atoms. The fraction of sp³-hybridized carbons (Fsp3) is 0.800. The molecular weight excluding hydrogens is 260 g/mol. The maximum Gasteiger partial charge on any atom is 0.130 e. The number of hydrogen-bond acceptors (Lipinski definition) is 2. The zero-order valence-corrected chi connectivity index (χ0v) is 12.5. The van der Waals surface area contributed by atoms with E-state index in [1.165, 1.54) is 25.7 Å². The molecule has 2 saturated carbocycles. The van der Waals surface area contributed by atoms with Gasteiger partial charge in [-0.05, 0) is 50.4 Å². The summed E-state index contributed by atoms with van der Waals surface area (Å²) in [6.07, 6.45) is 6.85. The zero-order valence-electron chi connectivity index (χ0n) is 11.8. The fourth-order valence-electron chi connectivity index (χ4n) is 4.24. The molecule has 1 N–H and O–H groups in total. The molecule has 2 aliphatic rings. The number of rotatable bonds is 4. The summed E-state index contributed by atoms with van der Waals surface area (Å²) < 4.78 is 1.69. The largest absolute Gasteiger partial charge is 0.393 e. The third-order valence-electron chi connectivity index (χ3n) is 5.17. The van der Waals surface area contributed by atoms with Crippen LogP contribution >= 0.6 is 11.6 Å². The van der Waals surface area contributed by atoms with Crippen LogP contribution < -0.4 is 0 Å². The molecule has 106 valence electrons. The van der Waals surface area contributed by atoms with Crippen LogP contribution in [0, 0.1) is 24.7 Å². The highest BCUT2D eigenvalue weighted by Gasteiger charge is 2.40. The summed E-state index contributed by atoms with van der Waals surface area (Å²) >= 11 is 6.23. The minimum atomic E-state index is -0.273. The van der Waals surface area contributed by atoms with Gasteiger partial charge >= 0.3 is 0 Å². The topological polar surface area (TPSA) is 38.0 Å². The Morgan fingerprint density at radius 3 is 2.74 bits per heavy atom. The Labute approximate surface area is 120 Å². The number of fused-ring (bicyclic) bond motifs is 2. The van der Waals surface area contributed by atoms with E-state index in [9.17, 15) is 5.11 Å². The molecular formula is C15H23ClN2O. The predicted octanol–water partition coefficient (Wildman–Crippen LogP) is 3.11. The average Bonchev–Trinajstić information content (AvgIpc) is 3.01. The number of aryl methyl sites for hydroxylation is 2. The lowest BCUT2D eigenvalue weighted by Gasteiger charge is -2.24. The van der Waals surface area contributed by atoms with E-state index in [1.54, 1.807) is 4.68 Å². The van der Waals surface area contributed by atoms with Crippen molar-refractivity contribution in [2.45, 2.75) is 51.6 Å². The van der Waals surface area contributed by atoms with Crippen molar-refractivity contribution in [3.63, 3.8) is 0 Å². The molecule has 3 rings (SSSR count). The fourth-order valence-corrected chi connectivity index (χ4v) is 4.49. The van der Waals surface area contributed by atoms with Gasteiger partial charge in [0.1, 0.15) is 5.15 Å². The van der Waals surface area contributed by atoms with E-state index in [-0.39, 0.29) is 6.10 Å². The smallest absolute Gasteiger partial charge is 0.130 e. The first-order valence-corrected chi connectivity index (χ1v) is 7.78. The van der Waals surface area contributed by atoms with E-state index in [0.29, 0.717) is 11.6 Å². The highest BCUT2D eigenvalue weighted by molar-refractivity contribution is 6.30. The third-order valence-corrected chi connectivity index (χ3v) is 5.64. The summed E-state index contributed by atoms with van der Waals surface area (Å²) in [5.74, 6) is 2.57. The molecule has 4 unspecified atom stereocenters. The molecule has 0 radical (unpaired) electrons. The number of aromatic nitrogens is 2. The maximum absolute atomic E-state index is 10.4. The summed E-state index contributed by atoms with van der Waals surface area (Å²) in [5, 5.41) is 15.3. The van der Waals surface area contributed by atoms with E-state index in [1.807, 2.05) is 14.0 Å². The van der Waals surface area contributed by atoms with Crippen LogP contribution in [0.15, 0.2) is 0 Å². The minimum absolute atomic E-state index is 0.273. The summed E-state index contributed by atoms with van der Waals surface area (Å²) in [6, 6.07) is 0. The Morgan fingerprint density at radius 2 is 2.21 bits per heavy atom. The van der Waals surface area contributed by atoms with Crippen LogP contribution in [0.5, 0.6) is 0 Å². The van der Waals surface area contributed by atoms with Crippen molar-refractivity contribution in [1.82, 2.24) is 9.78 Å². The molecule has 1 aromatic heterocycles. The lowest BCUT2D eigenvalue weighted by Crippen LogP contribution is -2.20. The first-order valence-electron chi connectivity index (χ1n) is 7.40. The quantitative estimate of drug-likeness (QED) is 0.921. The van der Waals surface area contributed by atoms with Crippen LogP contribution in [-0.2, 0) is 13.5 Å². The van der Waals surface area contributed by atoms with Crippen LogP contribution in [0.2, 0.25) is 5.15 Å². The molecule has 2 aliphatic carbocycles. The van der Waals surface area contributed by atoms with Crippen molar-refractivity contribution < 1.29 is 5.11 Å². The van der Waals surface area contributed by atoms with Crippen LogP contribution in [0.4, 0.5) is 0 Å². The number of aliphatic hydroxyl groups is 1. The molecule has 1 heterocycles. The predicted molar refractivity (Wildman–Crippen MR) is 76.2 cm³/mol. The van der Waals surface area contributed by atoms with Crippen molar-refractivity contribution in [2.24, 2.45) is 24.8 Å². The van der Waals surface area contributed by atoms with Gasteiger partial charge in [-0.25, -0.2) is 0 Å². The van der Waals surface area contributed by atoms with Crippen LogP contribution in [-0.4, -0.2) is 21.0 Å². The molecule has 0 aromatic carbocycles. The van der Waals surface area contributed by atoms with Gasteiger partial charge in [0.05, 0.1) is 11.8 Å². The monoisotopic (exact) mass is 282 g/mol. The summed E-state index contributed by atoms with van der Waals surface area (Å²) in [5.41, 5.74) is 1.96. The van der Waals surface area contributed by atoms with Crippen molar-refractivity contribution >= 4 is 11.6 Å². The van der Waals surface area contributed by atoms with Gasteiger partial charge in [0, 0.05) is 19.0 Å². The van der Waals surface area contributed by atoms with Crippen LogP contribution in [0.25, 0.3) is 0 Å². The summed E-state index contributed by atoms with van der Waals surface area (Å²) in [4.78, 5) is 0. The highest BCUT2D eigenvalue weighted by atomic mass is 35.5. The molecule has 0 saturated heterocycles. The Bertz CT molecular complexity index is 471. The van der Waals surface area contributed by atoms with E-state index >= 15 is 0 Å². The van der Waals surface area contributed by atoms with Gasteiger partial charge in [-0.3, -0.25) is 4.68 Å². The van der Waals surface area contributed by atoms with E-state index in [2.05, 4.69) is 5.10 Å². The molecule has 0 amide bonds. The van der Waals surface area contributed by atoms with Gasteiger partial charge in [0.25, 0.3) is 0 Å². The highest BCUT2D eigenvalue weighted by Crippen LogP contribution is 2.50. The van der Waals surface area contributed by atoms with Crippen molar-refractivity contribution in [2.75, 3.05) is 0 Å². The van der Waals surface area contributed by atoms with Crippen molar-refractivity contribution in [1.29, 1.82) is 0 Å². The molecule has 1 aromatic rings. The Kier molecular flexibility index (Phi) is 3.61. The lowest BCUT2D eigenvalue weighted by molar-refractivity contribution is 0.124. The average molecular weight is 283 g/mol. The molecule has 2 fully saturated rings. The van der Waals surface area contributed by atoms with E-state index in [0.717, 1.165) is 35.4 Å². The Morgan fingerprint density at radius 1 is 1.42 bits per heavy atom. The SMILES string of the molecule is Cc1nn(C)c(Cl)c1CC(O)CC1CC2CCC1C2. The standard InChI is InChI=1S/C15H23ClN2O/c1-9-14(15(16)18(2)17-9)8-13(19)7-12-6-10-3-4-11(12)5-10/h10-13,19H,3-8H2,1-2H3. The van der Waals surface area contributed by atoms with E-state index in [4.69, 9.17) is 11.6 Å². The van der Waals surface area contributed by atoms with Crippen LogP contribution in [0.3, 0.4) is 0 Å². The van der Waals surface area contributed by atoms with Gasteiger partial charge in [0.15, 0.2) is 0 Å². The molecule has 2 bridgehead atoms. The van der Waals surface area contributed by atoms with Crippen molar-refractivity contribution in [3.8, 4) is 0 Å². The first-order chi connectivity index (χ1) is 9.04. The molecule has 19 heavy (non-hydrogen) atoms. The minimum Gasteiger partial charge on any atom is -0.393 e. The van der Waals surface area contributed by atoms with Crippen molar-refractivity contribution in [3.05, 3.63) is 16.4 Å². The van der Waals surface area contributed by atoms with Gasteiger partial charge in [-0.1, -0.05) is 18.0 Å². The number of aliphatic hydroxyl groups excluding tert-OH is 1. The van der Waals surface area contributed by atoms with Gasteiger partial charge in [0.2, 0.25) is 0 Å². The zero-order chi connectivity index (χ0) is 13.6. The van der Waals surface area contributed by atoms with Gasteiger partial charge in [-0.15, -0.1) is 0 Å². The van der Waals surface area contributed by atoms with Crippen LogP contribution in [0.1, 0.15) is 43.4 Å². The van der Waals surface area contributed by atoms with E-state index < -0.39 is 0 Å². The number of halogens is 1. The molecule has 0 aliphatic heterocycles. The molecule has 4 heteroatoms. The maximum atomic E-state index is 10.4. The lowest BCUT2D eigenvalue weighted by atomic mass is 9.84. The Balaban J connectivity index is 1.60. The normalized spacial score (nSPS) is 31.1. The first kappa shape index (κ1) is 13.4.